The van der Waals surface area contributed by atoms with E-state index in [2.05, 4.69) is 0 Å². The molecule has 4 aromatic carbocycles. The number of hydrogen-bond donors (Lipinski definition) is 0. The summed E-state index contributed by atoms with van der Waals surface area (Å²) in [5.74, 6) is 2.08. The van der Waals surface area contributed by atoms with E-state index in [1.807, 2.05) is 65.8 Å². The van der Waals surface area contributed by atoms with Crippen LogP contribution in [-0.4, -0.2) is 51.6 Å². The fourth-order valence-corrected chi connectivity index (χ4v) is 5.19. The standard InChI is InChI=1S/C44H54O10/c1-7-21-47-35-27-37(49-23-9-3)41(38(28-35)50-24-10-4)43(45)53-33-17-13-31(14-18-33)32-15-19-34(20-16-32)54-44(46)42-39(51-25-11-5)29-36(48-22-8-2)30-40(42)52-26-12-6/h13-20,27-30H,7-12,21-26H2,1-6H3. The highest BCUT2D eigenvalue weighted by Crippen LogP contribution is 2.38. The molecular weight excluding hydrogens is 688 g/mol. The van der Waals surface area contributed by atoms with Gasteiger partial charge in [0.05, 0.1) is 39.6 Å². The number of carbonyl (C=O) groups excluding carboxylic acids is 2. The second kappa shape index (κ2) is 22.0. The number of ether oxygens (including phenoxy) is 8. The molecule has 0 heterocycles. The van der Waals surface area contributed by atoms with Gasteiger partial charge in [-0.25, -0.2) is 9.59 Å². The van der Waals surface area contributed by atoms with Crippen molar-refractivity contribution < 1.29 is 47.5 Å². The lowest BCUT2D eigenvalue weighted by atomic mass is 10.1. The minimum Gasteiger partial charge on any atom is -0.493 e. The van der Waals surface area contributed by atoms with E-state index in [0.29, 0.717) is 85.6 Å². The van der Waals surface area contributed by atoms with Crippen LogP contribution in [-0.2, 0) is 0 Å². The summed E-state index contributed by atoms with van der Waals surface area (Å²) in [6.45, 7) is 14.8. The predicted molar refractivity (Wildman–Crippen MR) is 209 cm³/mol. The molecule has 0 atom stereocenters. The van der Waals surface area contributed by atoms with Gasteiger partial charge in [-0.3, -0.25) is 0 Å². The summed E-state index contributed by atoms with van der Waals surface area (Å²) >= 11 is 0. The van der Waals surface area contributed by atoms with Crippen molar-refractivity contribution in [3.05, 3.63) is 83.9 Å². The second-order valence-electron chi connectivity index (χ2n) is 12.5. The summed E-state index contributed by atoms with van der Waals surface area (Å²) < 4.78 is 47.2. The van der Waals surface area contributed by atoms with E-state index in [4.69, 9.17) is 37.9 Å². The van der Waals surface area contributed by atoms with Gasteiger partial charge in [-0.15, -0.1) is 0 Å². The molecule has 0 unspecified atom stereocenters. The lowest BCUT2D eigenvalue weighted by Crippen LogP contribution is -2.14. The number of benzene rings is 4. The highest BCUT2D eigenvalue weighted by atomic mass is 16.6. The second-order valence-corrected chi connectivity index (χ2v) is 12.5. The van der Waals surface area contributed by atoms with Gasteiger partial charge in [0.2, 0.25) is 0 Å². The van der Waals surface area contributed by atoms with Crippen molar-refractivity contribution in [3.8, 4) is 57.1 Å². The van der Waals surface area contributed by atoms with Crippen molar-refractivity contribution in [2.24, 2.45) is 0 Å². The van der Waals surface area contributed by atoms with Gasteiger partial charge in [-0.2, -0.15) is 0 Å². The maximum absolute atomic E-state index is 13.6. The molecule has 0 aromatic heterocycles. The van der Waals surface area contributed by atoms with Crippen LogP contribution in [0.5, 0.6) is 46.0 Å². The molecule has 4 aromatic rings. The van der Waals surface area contributed by atoms with Crippen LogP contribution >= 0.6 is 0 Å². The summed E-state index contributed by atoms with van der Waals surface area (Å²) in [4.78, 5) is 27.2. The average Bonchev–Trinajstić information content (AvgIpc) is 3.19. The molecule has 4 rings (SSSR count). The van der Waals surface area contributed by atoms with Gasteiger partial charge >= 0.3 is 11.9 Å². The Hall–Kier alpha value is -5.38. The van der Waals surface area contributed by atoms with Crippen LogP contribution in [0.25, 0.3) is 11.1 Å². The molecule has 0 aliphatic heterocycles. The first kappa shape index (κ1) is 41.4. The van der Waals surface area contributed by atoms with Gasteiger partial charge in [-0.1, -0.05) is 65.8 Å². The Morgan fingerprint density at radius 1 is 0.370 bits per heavy atom. The summed E-state index contributed by atoms with van der Waals surface area (Å²) in [5, 5.41) is 0. The molecule has 0 saturated heterocycles. The maximum atomic E-state index is 13.6. The SMILES string of the molecule is CCCOc1cc(OCCC)c(C(=O)Oc2ccc(-c3ccc(OC(=O)c4c(OCCC)cc(OCCC)cc4OCCC)cc3)cc2)c(OCCC)c1. The molecule has 290 valence electrons. The highest BCUT2D eigenvalue weighted by molar-refractivity contribution is 5.98. The van der Waals surface area contributed by atoms with Gasteiger partial charge in [0, 0.05) is 24.3 Å². The monoisotopic (exact) mass is 742 g/mol. The van der Waals surface area contributed by atoms with Crippen LogP contribution in [0.4, 0.5) is 0 Å². The Bertz CT molecular complexity index is 1580. The largest absolute Gasteiger partial charge is 0.493 e. The van der Waals surface area contributed by atoms with Gasteiger partial charge in [0.1, 0.15) is 57.1 Å². The third kappa shape index (κ3) is 11.8. The van der Waals surface area contributed by atoms with E-state index in [1.165, 1.54) is 0 Å². The Balaban J connectivity index is 1.51. The Morgan fingerprint density at radius 2 is 0.630 bits per heavy atom. The quantitative estimate of drug-likeness (QED) is 0.0538. The van der Waals surface area contributed by atoms with Crippen LogP contribution < -0.4 is 37.9 Å². The first-order valence-electron chi connectivity index (χ1n) is 19.1. The lowest BCUT2D eigenvalue weighted by molar-refractivity contribution is 0.0714. The minimum absolute atomic E-state index is 0.212. The highest BCUT2D eigenvalue weighted by Gasteiger charge is 2.25. The van der Waals surface area contributed by atoms with Crippen LogP contribution in [0.1, 0.15) is 101 Å². The summed E-state index contributed by atoms with van der Waals surface area (Å²) in [6.07, 6.45) is 4.72. The van der Waals surface area contributed by atoms with Gasteiger partial charge in [0.15, 0.2) is 0 Å². The van der Waals surface area contributed by atoms with E-state index < -0.39 is 11.9 Å². The lowest BCUT2D eigenvalue weighted by Gasteiger charge is -2.18. The van der Waals surface area contributed by atoms with Crippen molar-refractivity contribution in [1.29, 1.82) is 0 Å². The molecule has 0 saturated carbocycles. The summed E-state index contributed by atoms with van der Waals surface area (Å²) in [5.41, 5.74) is 2.17. The van der Waals surface area contributed by atoms with Crippen LogP contribution in [0, 0.1) is 0 Å². The predicted octanol–water partition coefficient (Wildman–Crippen LogP) is 10.5. The molecule has 0 aliphatic rings. The minimum atomic E-state index is -0.595. The molecule has 54 heavy (non-hydrogen) atoms. The topological polar surface area (TPSA) is 108 Å². The summed E-state index contributed by atoms with van der Waals surface area (Å²) in [6, 6.07) is 21.2. The number of esters is 2. The van der Waals surface area contributed by atoms with Crippen LogP contribution in [0.3, 0.4) is 0 Å². The smallest absolute Gasteiger partial charge is 0.351 e. The molecule has 0 bridgehead atoms. The van der Waals surface area contributed by atoms with Crippen molar-refractivity contribution in [3.63, 3.8) is 0 Å². The Kier molecular flexibility index (Phi) is 16.8. The number of carbonyl (C=O) groups is 2. The first-order valence-corrected chi connectivity index (χ1v) is 19.1. The first-order chi connectivity index (χ1) is 26.3. The zero-order valence-corrected chi connectivity index (χ0v) is 32.5. The van der Waals surface area contributed by atoms with E-state index in [-0.39, 0.29) is 11.1 Å². The number of rotatable bonds is 23. The third-order valence-corrected chi connectivity index (χ3v) is 7.74. The van der Waals surface area contributed by atoms with Crippen LogP contribution in [0.15, 0.2) is 72.8 Å². The normalized spacial score (nSPS) is 10.7. The van der Waals surface area contributed by atoms with Gasteiger partial charge in [0.25, 0.3) is 0 Å². The van der Waals surface area contributed by atoms with E-state index in [9.17, 15) is 9.59 Å². The Morgan fingerprint density at radius 3 is 0.889 bits per heavy atom. The molecule has 0 spiro atoms. The number of hydrogen-bond acceptors (Lipinski definition) is 10. The van der Waals surface area contributed by atoms with Gasteiger partial charge in [-0.05, 0) is 73.9 Å². The van der Waals surface area contributed by atoms with Crippen molar-refractivity contribution in [1.82, 2.24) is 0 Å². The molecule has 0 amide bonds. The van der Waals surface area contributed by atoms with E-state index >= 15 is 0 Å². The maximum Gasteiger partial charge on any atom is 0.351 e. The summed E-state index contributed by atoms with van der Waals surface area (Å²) in [7, 11) is 0. The van der Waals surface area contributed by atoms with E-state index in [1.54, 1.807) is 48.5 Å². The Labute approximate surface area is 319 Å². The molecule has 0 aliphatic carbocycles. The zero-order valence-electron chi connectivity index (χ0n) is 32.5. The molecule has 0 radical (unpaired) electrons. The molecular formula is C44H54O10. The third-order valence-electron chi connectivity index (χ3n) is 7.74. The van der Waals surface area contributed by atoms with Crippen molar-refractivity contribution >= 4 is 11.9 Å². The van der Waals surface area contributed by atoms with Gasteiger partial charge < -0.3 is 37.9 Å². The average molecular weight is 743 g/mol. The van der Waals surface area contributed by atoms with Crippen LogP contribution in [0.2, 0.25) is 0 Å². The molecule has 0 N–H and O–H groups in total. The molecule has 0 fully saturated rings. The molecule has 10 heteroatoms. The zero-order chi connectivity index (χ0) is 38.7. The van der Waals surface area contributed by atoms with Crippen molar-refractivity contribution in [2.75, 3.05) is 39.6 Å². The molecule has 10 nitrogen and oxygen atoms in total. The fourth-order valence-electron chi connectivity index (χ4n) is 5.19. The van der Waals surface area contributed by atoms with E-state index in [0.717, 1.165) is 49.7 Å². The van der Waals surface area contributed by atoms with Crippen molar-refractivity contribution in [2.45, 2.75) is 80.1 Å². The fraction of sp³-hybridized carbons (Fsp3) is 0.409.